The summed E-state index contributed by atoms with van der Waals surface area (Å²) in [4.78, 5) is 4.37. The topological polar surface area (TPSA) is 45.7 Å². The van der Waals surface area contributed by atoms with E-state index in [9.17, 15) is 4.39 Å². The molecule has 120 valence electrons. The van der Waals surface area contributed by atoms with Gasteiger partial charge in [-0.25, -0.2) is 4.39 Å². The molecule has 0 aromatic heterocycles. The molecule has 0 aliphatic rings. The number of rotatable bonds is 7. The number of hydrogen-bond donors (Lipinski definition) is 2. The summed E-state index contributed by atoms with van der Waals surface area (Å²) in [6.07, 6.45) is 0.799. The maximum atomic E-state index is 13.1. The van der Waals surface area contributed by atoms with E-state index in [1.165, 1.54) is 6.07 Å². The first-order valence-electron chi connectivity index (χ1n) is 6.62. The van der Waals surface area contributed by atoms with E-state index in [0.29, 0.717) is 17.6 Å². The van der Waals surface area contributed by atoms with Gasteiger partial charge in [0.2, 0.25) is 0 Å². The summed E-state index contributed by atoms with van der Waals surface area (Å²) >= 11 is 3.19. The fourth-order valence-corrected chi connectivity index (χ4v) is 2.04. The Morgan fingerprint density at radius 3 is 2.76 bits per heavy atom. The molecule has 0 radical (unpaired) electrons. The second kappa shape index (κ2) is 12.2. The summed E-state index contributed by atoms with van der Waals surface area (Å²) in [5.74, 6) is 0.530. The maximum absolute atomic E-state index is 13.1. The van der Waals surface area contributed by atoms with Crippen LogP contribution in [-0.4, -0.2) is 39.3 Å². The number of hydrogen-bond acceptors (Lipinski definition) is 2. The average Bonchev–Trinajstić information content (AvgIpc) is 2.43. The first-order chi connectivity index (χ1) is 9.67. The fraction of sp³-hybridized carbons (Fsp3) is 0.500. The Kier molecular flexibility index (Phi) is 11.9. The van der Waals surface area contributed by atoms with Crippen molar-refractivity contribution < 1.29 is 9.13 Å². The van der Waals surface area contributed by atoms with Gasteiger partial charge >= 0.3 is 0 Å². The van der Waals surface area contributed by atoms with Crippen molar-refractivity contribution in [1.29, 1.82) is 0 Å². The number of methoxy groups -OCH3 is 1. The molecule has 0 bridgehead atoms. The van der Waals surface area contributed by atoms with Crippen LogP contribution in [-0.2, 0) is 11.2 Å². The van der Waals surface area contributed by atoms with Crippen molar-refractivity contribution >= 4 is 45.9 Å². The Labute approximate surface area is 151 Å². The number of guanidine groups is 1. The van der Waals surface area contributed by atoms with E-state index in [1.54, 1.807) is 19.2 Å². The molecule has 0 fully saturated rings. The van der Waals surface area contributed by atoms with Gasteiger partial charge in [-0.05, 0) is 47.0 Å². The SMILES string of the molecule is CCNC(=NCCOC)NCCc1ccc(F)c(Br)c1.I. The van der Waals surface area contributed by atoms with Gasteiger partial charge < -0.3 is 15.4 Å². The largest absolute Gasteiger partial charge is 0.383 e. The third kappa shape index (κ3) is 8.57. The van der Waals surface area contributed by atoms with Crippen LogP contribution in [0.25, 0.3) is 0 Å². The van der Waals surface area contributed by atoms with E-state index in [0.717, 1.165) is 31.0 Å². The normalized spacial score (nSPS) is 11.0. The van der Waals surface area contributed by atoms with Gasteiger partial charge in [-0.1, -0.05) is 6.07 Å². The zero-order valence-electron chi connectivity index (χ0n) is 12.3. The van der Waals surface area contributed by atoms with Gasteiger partial charge in [-0.15, -0.1) is 24.0 Å². The number of nitrogens with one attached hydrogen (secondary N) is 2. The van der Waals surface area contributed by atoms with Gasteiger partial charge in [0.15, 0.2) is 5.96 Å². The van der Waals surface area contributed by atoms with Gasteiger partial charge in [0, 0.05) is 20.2 Å². The Morgan fingerprint density at radius 1 is 1.38 bits per heavy atom. The zero-order chi connectivity index (χ0) is 14.8. The highest BCUT2D eigenvalue weighted by molar-refractivity contribution is 14.0. The van der Waals surface area contributed by atoms with E-state index in [2.05, 4.69) is 31.6 Å². The molecule has 0 heterocycles. The van der Waals surface area contributed by atoms with Crippen LogP contribution < -0.4 is 10.6 Å². The van der Waals surface area contributed by atoms with Gasteiger partial charge in [0.1, 0.15) is 5.82 Å². The average molecular weight is 474 g/mol. The predicted octanol–water partition coefficient (Wildman–Crippen LogP) is 2.95. The van der Waals surface area contributed by atoms with Crippen molar-refractivity contribution in [3.05, 3.63) is 34.1 Å². The van der Waals surface area contributed by atoms with E-state index >= 15 is 0 Å². The molecule has 0 saturated carbocycles. The van der Waals surface area contributed by atoms with Crippen LogP contribution in [0.15, 0.2) is 27.7 Å². The minimum atomic E-state index is -0.240. The van der Waals surface area contributed by atoms with Crippen LogP contribution in [0.1, 0.15) is 12.5 Å². The molecular formula is C14H22BrFIN3O. The lowest BCUT2D eigenvalue weighted by atomic mass is 10.1. The first kappa shape index (κ1) is 20.6. The molecule has 2 N–H and O–H groups in total. The monoisotopic (exact) mass is 473 g/mol. The van der Waals surface area contributed by atoms with Crippen molar-refractivity contribution in [2.45, 2.75) is 13.3 Å². The van der Waals surface area contributed by atoms with Crippen LogP contribution in [0, 0.1) is 5.82 Å². The molecule has 0 aliphatic heterocycles. The summed E-state index contributed by atoms with van der Waals surface area (Å²) in [6.45, 7) is 4.78. The molecule has 7 heteroatoms. The Hall–Kier alpha value is -0.410. The van der Waals surface area contributed by atoms with Crippen LogP contribution in [0.5, 0.6) is 0 Å². The Balaban J connectivity index is 0.00000400. The van der Waals surface area contributed by atoms with Gasteiger partial charge in [-0.2, -0.15) is 0 Å². The third-order valence-electron chi connectivity index (χ3n) is 2.60. The minimum Gasteiger partial charge on any atom is -0.383 e. The number of nitrogens with zero attached hydrogens (tertiary/aromatic N) is 1. The summed E-state index contributed by atoms with van der Waals surface area (Å²) in [5, 5.41) is 6.40. The summed E-state index contributed by atoms with van der Waals surface area (Å²) in [6, 6.07) is 5.06. The lowest BCUT2D eigenvalue weighted by Gasteiger charge is -2.11. The standard InChI is InChI=1S/C14H21BrFN3O.HI/c1-3-17-14(19-8-9-20-2)18-7-6-11-4-5-13(16)12(15)10-11;/h4-5,10H,3,6-9H2,1-2H3,(H2,17,18,19);1H. The summed E-state index contributed by atoms with van der Waals surface area (Å²) < 4.78 is 18.6. The predicted molar refractivity (Wildman–Crippen MR) is 99.1 cm³/mol. The molecule has 0 aliphatic carbocycles. The minimum absolute atomic E-state index is 0. The highest BCUT2D eigenvalue weighted by Gasteiger charge is 2.01. The van der Waals surface area contributed by atoms with E-state index in [1.807, 2.05) is 6.92 Å². The second-order valence-corrected chi connectivity index (χ2v) is 5.03. The van der Waals surface area contributed by atoms with Gasteiger partial charge in [0.05, 0.1) is 17.6 Å². The molecule has 0 unspecified atom stereocenters. The molecule has 1 aromatic carbocycles. The highest BCUT2D eigenvalue weighted by Crippen LogP contribution is 2.16. The van der Waals surface area contributed by atoms with Crippen molar-refractivity contribution in [2.75, 3.05) is 33.4 Å². The lowest BCUT2D eigenvalue weighted by molar-refractivity contribution is 0.208. The van der Waals surface area contributed by atoms with Gasteiger partial charge in [0.25, 0.3) is 0 Å². The smallest absolute Gasteiger partial charge is 0.191 e. The Bertz CT molecular complexity index is 446. The molecule has 1 rings (SSSR count). The molecule has 0 amide bonds. The van der Waals surface area contributed by atoms with Gasteiger partial charge in [-0.3, -0.25) is 4.99 Å². The number of aliphatic imine (C=N–C) groups is 1. The number of ether oxygens (including phenoxy) is 1. The molecule has 0 atom stereocenters. The quantitative estimate of drug-likeness (QED) is 0.277. The maximum Gasteiger partial charge on any atom is 0.191 e. The van der Waals surface area contributed by atoms with Crippen molar-refractivity contribution in [2.24, 2.45) is 4.99 Å². The number of benzene rings is 1. The molecule has 1 aromatic rings. The van der Waals surface area contributed by atoms with Crippen LogP contribution >= 0.6 is 39.9 Å². The molecular weight excluding hydrogens is 452 g/mol. The van der Waals surface area contributed by atoms with Crippen molar-refractivity contribution in [3.63, 3.8) is 0 Å². The van der Waals surface area contributed by atoms with Crippen LogP contribution in [0.2, 0.25) is 0 Å². The van der Waals surface area contributed by atoms with E-state index < -0.39 is 0 Å². The fourth-order valence-electron chi connectivity index (χ4n) is 1.61. The second-order valence-electron chi connectivity index (χ2n) is 4.18. The molecule has 4 nitrogen and oxygen atoms in total. The zero-order valence-corrected chi connectivity index (χ0v) is 16.2. The van der Waals surface area contributed by atoms with Crippen molar-refractivity contribution in [3.8, 4) is 0 Å². The third-order valence-corrected chi connectivity index (χ3v) is 3.21. The van der Waals surface area contributed by atoms with Crippen molar-refractivity contribution in [1.82, 2.24) is 10.6 Å². The summed E-state index contributed by atoms with van der Waals surface area (Å²) in [5.41, 5.74) is 1.07. The molecule has 0 saturated heterocycles. The Morgan fingerprint density at radius 2 is 2.14 bits per heavy atom. The summed E-state index contributed by atoms with van der Waals surface area (Å²) in [7, 11) is 1.66. The van der Waals surface area contributed by atoms with E-state index in [4.69, 9.17) is 4.74 Å². The lowest BCUT2D eigenvalue weighted by Crippen LogP contribution is -2.38. The van der Waals surface area contributed by atoms with Crippen LogP contribution in [0.3, 0.4) is 0 Å². The molecule has 21 heavy (non-hydrogen) atoms. The molecule has 0 spiro atoms. The van der Waals surface area contributed by atoms with Crippen LogP contribution in [0.4, 0.5) is 4.39 Å². The first-order valence-corrected chi connectivity index (χ1v) is 7.41. The highest BCUT2D eigenvalue weighted by atomic mass is 127. The van der Waals surface area contributed by atoms with E-state index in [-0.39, 0.29) is 29.8 Å². The number of halogens is 3.